The maximum absolute atomic E-state index is 13.9. The first-order chi connectivity index (χ1) is 8.58. The fraction of sp³-hybridized carbons (Fsp3) is 0.600. The van der Waals surface area contributed by atoms with E-state index in [1.54, 1.807) is 6.07 Å². The van der Waals surface area contributed by atoms with Crippen molar-refractivity contribution in [3.8, 4) is 0 Å². The molecule has 0 radical (unpaired) electrons. The molecule has 1 nitrogen and oxygen atoms in total. The molecule has 0 saturated heterocycles. The highest BCUT2D eigenvalue weighted by Gasteiger charge is 2.15. The molecule has 1 rings (SSSR count). The molecule has 0 spiro atoms. The van der Waals surface area contributed by atoms with Crippen LogP contribution < -0.4 is 5.32 Å². The Hall–Kier alpha value is -0.600. The number of nitrogens with one attached hydrogen (secondary N) is 1. The zero-order chi connectivity index (χ0) is 13.5. The van der Waals surface area contributed by atoms with Gasteiger partial charge in [-0.25, -0.2) is 4.39 Å². The predicted octanol–water partition coefficient (Wildman–Crippen LogP) is 4.44. The molecule has 3 heteroatoms. The van der Waals surface area contributed by atoms with Gasteiger partial charge in [0.1, 0.15) is 5.82 Å². The molecule has 18 heavy (non-hydrogen) atoms. The molecule has 0 aromatic heterocycles. The van der Waals surface area contributed by atoms with Crippen molar-refractivity contribution in [1.82, 2.24) is 5.32 Å². The van der Waals surface area contributed by atoms with Crippen LogP contribution in [-0.4, -0.2) is 12.6 Å². The van der Waals surface area contributed by atoms with E-state index in [1.165, 1.54) is 0 Å². The molecule has 0 aliphatic carbocycles. The molecule has 0 aliphatic heterocycles. The maximum Gasteiger partial charge on any atom is 0.145 e. The Morgan fingerprint density at radius 3 is 2.67 bits per heavy atom. The van der Waals surface area contributed by atoms with Crippen LogP contribution >= 0.6 is 11.6 Å². The SMILES string of the molecule is CCNC(Cc1cccc(Cl)c1F)CC(C)CC. The molecule has 1 N–H and O–H groups in total. The third-order valence-corrected chi connectivity index (χ3v) is 3.67. The zero-order valence-corrected chi connectivity index (χ0v) is 12.2. The lowest BCUT2D eigenvalue weighted by atomic mass is 9.94. The Bertz CT molecular complexity index is 368. The van der Waals surface area contributed by atoms with Gasteiger partial charge in [-0.3, -0.25) is 0 Å². The molecule has 2 atom stereocenters. The number of hydrogen-bond donors (Lipinski definition) is 1. The Morgan fingerprint density at radius 1 is 1.33 bits per heavy atom. The van der Waals surface area contributed by atoms with Crippen molar-refractivity contribution < 1.29 is 4.39 Å². The average Bonchev–Trinajstić information content (AvgIpc) is 2.35. The Morgan fingerprint density at radius 2 is 2.06 bits per heavy atom. The first-order valence-electron chi connectivity index (χ1n) is 6.74. The molecule has 0 heterocycles. The van der Waals surface area contributed by atoms with E-state index >= 15 is 0 Å². The average molecular weight is 272 g/mol. The summed E-state index contributed by atoms with van der Waals surface area (Å²) in [6, 6.07) is 5.55. The maximum atomic E-state index is 13.9. The molecule has 1 aromatic carbocycles. The van der Waals surface area contributed by atoms with Crippen LogP contribution in [0.5, 0.6) is 0 Å². The summed E-state index contributed by atoms with van der Waals surface area (Å²) in [6.07, 6.45) is 2.92. The summed E-state index contributed by atoms with van der Waals surface area (Å²) in [5.74, 6) is 0.377. The second kappa shape index (κ2) is 7.75. The van der Waals surface area contributed by atoms with Gasteiger partial charge >= 0.3 is 0 Å². The van der Waals surface area contributed by atoms with Crippen LogP contribution in [0.2, 0.25) is 5.02 Å². The number of halogens is 2. The summed E-state index contributed by atoms with van der Waals surface area (Å²) in [5, 5.41) is 3.65. The second-order valence-corrected chi connectivity index (χ2v) is 5.33. The highest BCUT2D eigenvalue weighted by Crippen LogP contribution is 2.21. The van der Waals surface area contributed by atoms with Crippen molar-refractivity contribution in [3.63, 3.8) is 0 Å². The Kier molecular flexibility index (Phi) is 6.66. The molecule has 2 unspecified atom stereocenters. The largest absolute Gasteiger partial charge is 0.314 e. The van der Waals surface area contributed by atoms with E-state index in [2.05, 4.69) is 26.1 Å². The number of rotatable bonds is 7. The molecular weight excluding hydrogens is 249 g/mol. The summed E-state index contributed by atoms with van der Waals surface area (Å²) in [5.41, 5.74) is 0.705. The second-order valence-electron chi connectivity index (χ2n) is 4.92. The van der Waals surface area contributed by atoms with Gasteiger partial charge in [0.05, 0.1) is 5.02 Å². The highest BCUT2D eigenvalue weighted by molar-refractivity contribution is 6.30. The van der Waals surface area contributed by atoms with Crippen LogP contribution in [0.4, 0.5) is 4.39 Å². The van der Waals surface area contributed by atoms with Gasteiger partial charge in [-0.2, -0.15) is 0 Å². The Balaban J connectivity index is 2.73. The quantitative estimate of drug-likeness (QED) is 0.773. The lowest BCUT2D eigenvalue weighted by Crippen LogP contribution is -2.32. The molecule has 1 aromatic rings. The molecule has 0 aliphatic rings. The standard InChI is InChI=1S/C15H23ClFN/c1-4-11(3)9-13(18-5-2)10-12-7-6-8-14(16)15(12)17/h6-8,11,13,18H,4-5,9-10H2,1-3H3. The lowest BCUT2D eigenvalue weighted by molar-refractivity contribution is 0.393. The van der Waals surface area contributed by atoms with Crippen LogP contribution in [0.15, 0.2) is 18.2 Å². The van der Waals surface area contributed by atoms with Gasteiger partial charge in [0.25, 0.3) is 0 Å². The summed E-state index contributed by atoms with van der Waals surface area (Å²) in [4.78, 5) is 0. The minimum absolute atomic E-state index is 0.214. The fourth-order valence-corrected chi connectivity index (χ4v) is 2.35. The summed E-state index contributed by atoms with van der Waals surface area (Å²) in [7, 11) is 0. The monoisotopic (exact) mass is 271 g/mol. The predicted molar refractivity (Wildman–Crippen MR) is 76.7 cm³/mol. The summed E-state index contributed by atoms with van der Waals surface area (Å²) < 4.78 is 13.9. The van der Waals surface area contributed by atoms with Crippen LogP contribution in [0.1, 0.15) is 39.2 Å². The number of likely N-dealkylation sites (N-methyl/N-ethyl adjacent to an activating group) is 1. The van der Waals surface area contributed by atoms with Gasteiger partial charge in [-0.15, -0.1) is 0 Å². The van der Waals surface area contributed by atoms with E-state index in [1.807, 2.05) is 12.1 Å². The van der Waals surface area contributed by atoms with Gasteiger partial charge < -0.3 is 5.32 Å². The van der Waals surface area contributed by atoms with E-state index < -0.39 is 0 Å². The van der Waals surface area contributed by atoms with Crippen LogP contribution in [-0.2, 0) is 6.42 Å². The van der Waals surface area contributed by atoms with E-state index in [9.17, 15) is 4.39 Å². The minimum atomic E-state index is -0.272. The van der Waals surface area contributed by atoms with Gasteiger partial charge in [0.2, 0.25) is 0 Å². The van der Waals surface area contributed by atoms with E-state index in [0.717, 1.165) is 19.4 Å². The van der Waals surface area contributed by atoms with Crippen molar-refractivity contribution in [1.29, 1.82) is 0 Å². The number of benzene rings is 1. The molecule has 0 fully saturated rings. The van der Waals surface area contributed by atoms with E-state index in [-0.39, 0.29) is 10.8 Å². The normalized spacial score (nSPS) is 14.5. The third kappa shape index (κ3) is 4.58. The molecular formula is C15H23ClFN. The first kappa shape index (κ1) is 15.5. The molecule has 0 amide bonds. The smallest absolute Gasteiger partial charge is 0.145 e. The summed E-state index contributed by atoms with van der Waals surface area (Å²) >= 11 is 5.81. The minimum Gasteiger partial charge on any atom is -0.314 e. The lowest BCUT2D eigenvalue weighted by Gasteiger charge is -2.21. The van der Waals surface area contributed by atoms with Crippen molar-refractivity contribution in [2.24, 2.45) is 5.92 Å². The fourth-order valence-electron chi connectivity index (χ4n) is 2.15. The zero-order valence-electron chi connectivity index (χ0n) is 11.5. The van der Waals surface area contributed by atoms with Crippen LogP contribution in [0.25, 0.3) is 0 Å². The Labute approximate surface area is 115 Å². The van der Waals surface area contributed by atoms with Gasteiger partial charge in [-0.1, -0.05) is 50.9 Å². The highest BCUT2D eigenvalue weighted by atomic mass is 35.5. The molecule has 102 valence electrons. The summed E-state index contributed by atoms with van der Waals surface area (Å²) in [6.45, 7) is 7.41. The number of hydrogen-bond acceptors (Lipinski definition) is 1. The van der Waals surface area contributed by atoms with Crippen molar-refractivity contribution in [2.45, 2.75) is 46.1 Å². The third-order valence-electron chi connectivity index (χ3n) is 3.37. The van der Waals surface area contributed by atoms with Crippen molar-refractivity contribution in [2.75, 3.05) is 6.54 Å². The molecule has 0 bridgehead atoms. The van der Waals surface area contributed by atoms with Gasteiger partial charge in [0.15, 0.2) is 0 Å². The van der Waals surface area contributed by atoms with Crippen molar-refractivity contribution in [3.05, 3.63) is 34.6 Å². The molecule has 0 saturated carbocycles. The van der Waals surface area contributed by atoms with Crippen molar-refractivity contribution >= 4 is 11.6 Å². The first-order valence-corrected chi connectivity index (χ1v) is 7.12. The van der Waals surface area contributed by atoms with Crippen LogP contribution in [0, 0.1) is 11.7 Å². The van der Waals surface area contributed by atoms with Crippen LogP contribution in [0.3, 0.4) is 0 Å². The van der Waals surface area contributed by atoms with E-state index in [4.69, 9.17) is 11.6 Å². The topological polar surface area (TPSA) is 12.0 Å². The van der Waals surface area contributed by atoms with Gasteiger partial charge in [0, 0.05) is 6.04 Å². The van der Waals surface area contributed by atoms with E-state index in [0.29, 0.717) is 23.9 Å². The van der Waals surface area contributed by atoms with Gasteiger partial charge in [-0.05, 0) is 36.9 Å².